The lowest BCUT2D eigenvalue weighted by Gasteiger charge is -2.25. The Morgan fingerprint density at radius 3 is 2.67 bits per heavy atom. The Balaban J connectivity index is 3.30. The molecule has 1 rings (SSSR count). The van der Waals surface area contributed by atoms with Crippen LogP contribution in [0.2, 0.25) is 5.15 Å². The quantitative estimate of drug-likeness (QED) is 0.817. The number of hydrogen-bond donors (Lipinski definition) is 1. The Morgan fingerprint density at radius 1 is 1.56 bits per heavy atom. The van der Waals surface area contributed by atoms with Crippen LogP contribution in [0.15, 0.2) is 21.6 Å². The maximum absolute atomic E-state index is 12.4. The zero-order valence-electron chi connectivity index (χ0n) is 9.97. The molecule has 0 spiro atoms. The van der Waals surface area contributed by atoms with Gasteiger partial charge in [-0.3, -0.25) is 0 Å². The van der Waals surface area contributed by atoms with Gasteiger partial charge in [0.15, 0.2) is 0 Å². The van der Waals surface area contributed by atoms with Crippen molar-refractivity contribution in [2.75, 3.05) is 13.2 Å². The number of aromatic nitrogens is 1. The SMILES string of the molecule is CC(C)N(CCO)S(=O)(=O)c1cc(Br)cnc1Cl. The number of aliphatic hydroxyl groups excluding tert-OH is 1. The molecule has 0 fully saturated rings. The van der Waals surface area contributed by atoms with Crippen LogP contribution in [0.1, 0.15) is 13.8 Å². The van der Waals surface area contributed by atoms with Crippen LogP contribution < -0.4 is 0 Å². The molecule has 0 saturated heterocycles. The molecule has 1 aromatic heterocycles. The van der Waals surface area contributed by atoms with E-state index in [1.54, 1.807) is 13.8 Å². The van der Waals surface area contributed by atoms with Gasteiger partial charge in [-0.25, -0.2) is 13.4 Å². The zero-order chi connectivity index (χ0) is 13.9. The Hall–Kier alpha value is -0.210. The standard InChI is InChI=1S/C10H14BrClN2O3S/c1-7(2)14(3-4-15)18(16,17)9-5-8(11)6-13-10(9)12/h5-7,15H,3-4H2,1-2H3. The molecule has 0 aliphatic rings. The van der Waals surface area contributed by atoms with Gasteiger partial charge in [-0.05, 0) is 35.8 Å². The fourth-order valence-electron chi connectivity index (χ4n) is 1.47. The predicted octanol–water partition coefficient (Wildman–Crippen LogP) is 1.89. The summed E-state index contributed by atoms with van der Waals surface area (Å²) in [7, 11) is -3.77. The fraction of sp³-hybridized carbons (Fsp3) is 0.500. The van der Waals surface area contributed by atoms with E-state index in [0.29, 0.717) is 4.47 Å². The third-order valence-corrected chi connectivity index (χ3v) is 5.19. The average Bonchev–Trinajstić information content (AvgIpc) is 2.28. The molecular weight excluding hydrogens is 344 g/mol. The summed E-state index contributed by atoms with van der Waals surface area (Å²) in [4.78, 5) is 3.73. The van der Waals surface area contributed by atoms with E-state index in [2.05, 4.69) is 20.9 Å². The summed E-state index contributed by atoms with van der Waals surface area (Å²) in [6, 6.07) is 1.12. The lowest BCUT2D eigenvalue weighted by Crippen LogP contribution is -2.39. The molecule has 1 aromatic rings. The van der Waals surface area contributed by atoms with Gasteiger partial charge in [0, 0.05) is 23.3 Å². The van der Waals surface area contributed by atoms with Crippen LogP contribution in [0.5, 0.6) is 0 Å². The number of rotatable bonds is 5. The second kappa shape index (κ2) is 6.29. The summed E-state index contributed by atoms with van der Waals surface area (Å²) < 4.78 is 26.5. The largest absolute Gasteiger partial charge is 0.395 e. The molecule has 0 atom stereocenters. The highest BCUT2D eigenvalue weighted by Gasteiger charge is 2.29. The van der Waals surface area contributed by atoms with Gasteiger partial charge in [-0.2, -0.15) is 4.31 Å². The molecule has 102 valence electrons. The monoisotopic (exact) mass is 356 g/mol. The third-order valence-electron chi connectivity index (χ3n) is 2.26. The minimum absolute atomic E-state index is 0.0167. The van der Waals surface area contributed by atoms with Crippen molar-refractivity contribution in [2.45, 2.75) is 24.8 Å². The van der Waals surface area contributed by atoms with E-state index in [0.717, 1.165) is 0 Å². The van der Waals surface area contributed by atoms with Crippen LogP contribution >= 0.6 is 27.5 Å². The van der Waals surface area contributed by atoms with Crippen LogP contribution in [0, 0.1) is 0 Å². The molecule has 8 heteroatoms. The van der Waals surface area contributed by atoms with E-state index in [9.17, 15) is 8.42 Å². The maximum Gasteiger partial charge on any atom is 0.246 e. The van der Waals surface area contributed by atoms with E-state index >= 15 is 0 Å². The van der Waals surface area contributed by atoms with Gasteiger partial charge in [0.2, 0.25) is 10.0 Å². The van der Waals surface area contributed by atoms with Crippen molar-refractivity contribution in [3.8, 4) is 0 Å². The molecule has 0 aliphatic carbocycles. The zero-order valence-corrected chi connectivity index (χ0v) is 13.1. The van der Waals surface area contributed by atoms with Gasteiger partial charge in [-0.1, -0.05) is 11.6 Å². The summed E-state index contributed by atoms with van der Waals surface area (Å²) in [6.45, 7) is 3.22. The van der Waals surface area contributed by atoms with Crippen LogP contribution in [0.4, 0.5) is 0 Å². The van der Waals surface area contributed by atoms with Crippen molar-refractivity contribution < 1.29 is 13.5 Å². The van der Waals surface area contributed by atoms with Crippen LogP contribution in [0.25, 0.3) is 0 Å². The fourth-order valence-corrected chi connectivity index (χ4v) is 4.02. The Labute approximate surface area is 120 Å². The molecule has 1 N–H and O–H groups in total. The summed E-state index contributed by atoms with van der Waals surface area (Å²) in [5.74, 6) is 0. The molecule has 0 aliphatic heterocycles. The van der Waals surface area contributed by atoms with E-state index < -0.39 is 10.0 Å². The summed E-state index contributed by atoms with van der Waals surface area (Å²) in [5.41, 5.74) is 0. The van der Waals surface area contributed by atoms with Gasteiger partial charge in [0.05, 0.1) is 6.61 Å². The van der Waals surface area contributed by atoms with Crippen molar-refractivity contribution >= 4 is 37.6 Å². The third kappa shape index (κ3) is 3.42. The first-order valence-electron chi connectivity index (χ1n) is 5.24. The van der Waals surface area contributed by atoms with E-state index in [1.807, 2.05) is 0 Å². The minimum Gasteiger partial charge on any atom is -0.395 e. The van der Waals surface area contributed by atoms with Crippen LogP contribution in [0.3, 0.4) is 0 Å². The van der Waals surface area contributed by atoms with Gasteiger partial charge in [0.25, 0.3) is 0 Å². The molecule has 0 bridgehead atoms. The van der Waals surface area contributed by atoms with E-state index in [1.165, 1.54) is 16.6 Å². The second-order valence-corrected chi connectivity index (χ2v) is 7.01. The van der Waals surface area contributed by atoms with Crippen molar-refractivity contribution in [2.24, 2.45) is 0 Å². The Bertz CT molecular complexity index is 522. The smallest absolute Gasteiger partial charge is 0.246 e. The van der Waals surface area contributed by atoms with Crippen molar-refractivity contribution in [3.63, 3.8) is 0 Å². The molecule has 0 aromatic carbocycles. The van der Waals surface area contributed by atoms with Crippen molar-refractivity contribution in [1.82, 2.24) is 9.29 Å². The van der Waals surface area contributed by atoms with Gasteiger partial charge in [-0.15, -0.1) is 0 Å². The average molecular weight is 358 g/mol. The summed E-state index contributed by atoms with van der Waals surface area (Å²) >= 11 is 8.99. The number of hydrogen-bond acceptors (Lipinski definition) is 4. The van der Waals surface area contributed by atoms with E-state index in [-0.39, 0.29) is 29.2 Å². The molecule has 0 radical (unpaired) electrons. The highest BCUT2D eigenvalue weighted by atomic mass is 79.9. The normalized spacial score (nSPS) is 12.4. The molecule has 5 nitrogen and oxygen atoms in total. The second-order valence-electron chi connectivity index (χ2n) is 3.88. The van der Waals surface area contributed by atoms with E-state index in [4.69, 9.17) is 16.7 Å². The maximum atomic E-state index is 12.4. The summed E-state index contributed by atoms with van der Waals surface area (Å²) in [5, 5.41) is 8.87. The molecule has 0 unspecified atom stereocenters. The molecule has 0 saturated carbocycles. The summed E-state index contributed by atoms with van der Waals surface area (Å²) in [6.07, 6.45) is 1.42. The van der Waals surface area contributed by atoms with Gasteiger partial charge >= 0.3 is 0 Å². The molecular formula is C10H14BrClN2O3S. The number of aliphatic hydroxyl groups is 1. The minimum atomic E-state index is -3.77. The highest BCUT2D eigenvalue weighted by Crippen LogP contribution is 2.26. The van der Waals surface area contributed by atoms with Gasteiger partial charge < -0.3 is 5.11 Å². The van der Waals surface area contributed by atoms with Crippen LogP contribution in [-0.4, -0.2) is 42.0 Å². The topological polar surface area (TPSA) is 70.5 Å². The molecule has 1 heterocycles. The predicted molar refractivity (Wildman–Crippen MR) is 73.1 cm³/mol. The Kier molecular flexibility index (Phi) is 5.54. The van der Waals surface area contributed by atoms with Crippen LogP contribution in [-0.2, 0) is 10.0 Å². The highest BCUT2D eigenvalue weighted by molar-refractivity contribution is 9.10. The van der Waals surface area contributed by atoms with Gasteiger partial charge in [0.1, 0.15) is 10.0 Å². The lowest BCUT2D eigenvalue weighted by molar-refractivity contribution is 0.236. The number of sulfonamides is 1. The molecule has 0 amide bonds. The lowest BCUT2D eigenvalue weighted by atomic mass is 10.4. The number of nitrogens with zero attached hydrogens (tertiary/aromatic N) is 2. The van der Waals surface area contributed by atoms with Crippen molar-refractivity contribution in [3.05, 3.63) is 21.9 Å². The first kappa shape index (κ1) is 15.8. The molecule has 18 heavy (non-hydrogen) atoms. The first-order chi connectivity index (χ1) is 8.30. The Morgan fingerprint density at radius 2 is 2.17 bits per heavy atom. The van der Waals surface area contributed by atoms with Crippen molar-refractivity contribution in [1.29, 1.82) is 0 Å². The number of pyridine rings is 1. The number of halogens is 2. The first-order valence-corrected chi connectivity index (χ1v) is 7.85.